The number of nitrogens with zero attached hydrogens (tertiary/aromatic N) is 1. The van der Waals surface area contributed by atoms with Gasteiger partial charge in [0.2, 0.25) is 0 Å². The lowest BCUT2D eigenvalue weighted by Crippen LogP contribution is -2.37. The highest BCUT2D eigenvalue weighted by atomic mass is 16.1. The normalized spacial score (nSPS) is 16.9. The molecule has 0 atom stereocenters. The lowest BCUT2D eigenvalue weighted by molar-refractivity contribution is 0.0952. The van der Waals surface area contributed by atoms with Crippen LogP contribution in [0.2, 0.25) is 0 Å². The van der Waals surface area contributed by atoms with Crippen LogP contribution in [-0.4, -0.2) is 35.2 Å². The van der Waals surface area contributed by atoms with E-state index in [0.29, 0.717) is 18.2 Å². The van der Waals surface area contributed by atoms with Crippen LogP contribution < -0.4 is 10.6 Å². The first-order valence-corrected chi connectivity index (χ1v) is 7.71. The minimum Gasteiger partial charge on any atom is -0.351 e. The maximum atomic E-state index is 12.1. The summed E-state index contributed by atoms with van der Waals surface area (Å²) >= 11 is 0. The SMILES string of the molecule is Cc1n[nH]c(C)c1C(=O)NCCNC1CCCCCC1. The zero-order valence-electron chi connectivity index (χ0n) is 12.6. The van der Waals surface area contributed by atoms with E-state index in [1.807, 2.05) is 13.8 Å². The van der Waals surface area contributed by atoms with Crippen molar-refractivity contribution in [2.75, 3.05) is 13.1 Å². The summed E-state index contributed by atoms with van der Waals surface area (Å²) < 4.78 is 0. The molecule has 0 radical (unpaired) electrons. The smallest absolute Gasteiger partial charge is 0.255 e. The second-order valence-electron chi connectivity index (χ2n) is 5.71. The van der Waals surface area contributed by atoms with Gasteiger partial charge >= 0.3 is 0 Å². The Morgan fingerprint density at radius 1 is 1.20 bits per heavy atom. The van der Waals surface area contributed by atoms with Gasteiger partial charge in [-0.25, -0.2) is 0 Å². The van der Waals surface area contributed by atoms with E-state index in [-0.39, 0.29) is 5.91 Å². The molecule has 0 spiro atoms. The molecule has 0 unspecified atom stereocenters. The predicted molar refractivity (Wildman–Crippen MR) is 79.9 cm³/mol. The lowest BCUT2D eigenvalue weighted by atomic mass is 10.1. The summed E-state index contributed by atoms with van der Waals surface area (Å²) in [4.78, 5) is 12.1. The van der Waals surface area contributed by atoms with Gasteiger partial charge in [-0.3, -0.25) is 9.89 Å². The summed E-state index contributed by atoms with van der Waals surface area (Å²) in [5, 5.41) is 13.4. The van der Waals surface area contributed by atoms with Crippen molar-refractivity contribution in [2.45, 2.75) is 58.4 Å². The van der Waals surface area contributed by atoms with Crippen molar-refractivity contribution < 1.29 is 4.79 Å². The van der Waals surface area contributed by atoms with E-state index in [0.717, 1.165) is 17.9 Å². The molecule has 1 saturated carbocycles. The second kappa shape index (κ2) is 7.43. The highest BCUT2D eigenvalue weighted by molar-refractivity contribution is 5.96. The Labute approximate surface area is 120 Å². The van der Waals surface area contributed by atoms with Gasteiger partial charge in [-0.1, -0.05) is 25.7 Å². The molecule has 5 heteroatoms. The number of rotatable bonds is 5. The summed E-state index contributed by atoms with van der Waals surface area (Å²) in [7, 11) is 0. The summed E-state index contributed by atoms with van der Waals surface area (Å²) in [5.41, 5.74) is 2.27. The van der Waals surface area contributed by atoms with Gasteiger partial charge in [-0.2, -0.15) is 5.10 Å². The fraction of sp³-hybridized carbons (Fsp3) is 0.733. The molecule has 0 aliphatic heterocycles. The number of hydrogen-bond donors (Lipinski definition) is 3. The molecule has 0 bridgehead atoms. The Morgan fingerprint density at radius 3 is 2.50 bits per heavy atom. The molecule has 3 N–H and O–H groups in total. The third kappa shape index (κ3) is 4.07. The number of aryl methyl sites for hydroxylation is 2. The molecule has 1 heterocycles. The van der Waals surface area contributed by atoms with Gasteiger partial charge in [0.25, 0.3) is 5.91 Å². The summed E-state index contributed by atoms with van der Waals surface area (Å²) in [6.45, 7) is 5.23. The Morgan fingerprint density at radius 2 is 1.90 bits per heavy atom. The van der Waals surface area contributed by atoms with Crippen LogP contribution in [0.3, 0.4) is 0 Å². The summed E-state index contributed by atoms with van der Waals surface area (Å²) in [6, 6.07) is 0.631. The standard InChI is InChI=1S/C15H26N4O/c1-11-14(12(2)19-18-11)15(20)17-10-9-16-13-7-5-3-4-6-8-13/h13,16H,3-10H2,1-2H3,(H,17,20)(H,18,19). The Hall–Kier alpha value is -1.36. The molecule has 2 rings (SSSR count). The molecule has 5 nitrogen and oxygen atoms in total. The molecule has 20 heavy (non-hydrogen) atoms. The minimum absolute atomic E-state index is 0.0311. The first-order chi connectivity index (χ1) is 9.68. The van der Waals surface area contributed by atoms with E-state index >= 15 is 0 Å². The predicted octanol–water partition coefficient (Wildman–Crippen LogP) is 2.07. The quantitative estimate of drug-likeness (QED) is 0.570. The maximum absolute atomic E-state index is 12.1. The van der Waals surface area contributed by atoms with E-state index in [1.54, 1.807) is 0 Å². The molecular formula is C15H26N4O. The fourth-order valence-electron chi connectivity index (χ4n) is 2.91. The van der Waals surface area contributed by atoms with Crippen LogP contribution in [0, 0.1) is 13.8 Å². The molecule has 1 amide bonds. The summed E-state index contributed by atoms with van der Waals surface area (Å²) in [6.07, 6.45) is 7.94. The van der Waals surface area contributed by atoms with Crippen LogP contribution in [0.5, 0.6) is 0 Å². The van der Waals surface area contributed by atoms with Crippen molar-refractivity contribution >= 4 is 5.91 Å². The van der Waals surface area contributed by atoms with Crippen LogP contribution in [-0.2, 0) is 0 Å². The van der Waals surface area contributed by atoms with Crippen LogP contribution in [0.1, 0.15) is 60.3 Å². The van der Waals surface area contributed by atoms with E-state index in [9.17, 15) is 4.79 Å². The highest BCUT2D eigenvalue weighted by Crippen LogP contribution is 2.16. The number of carbonyl (C=O) groups is 1. The Kier molecular flexibility index (Phi) is 5.59. The lowest BCUT2D eigenvalue weighted by Gasteiger charge is -2.16. The third-order valence-corrected chi connectivity index (χ3v) is 4.05. The van der Waals surface area contributed by atoms with Gasteiger partial charge in [-0.05, 0) is 26.7 Å². The Bertz CT molecular complexity index is 414. The second-order valence-corrected chi connectivity index (χ2v) is 5.71. The number of nitrogens with one attached hydrogen (secondary N) is 3. The molecule has 1 aliphatic carbocycles. The fourth-order valence-corrected chi connectivity index (χ4v) is 2.91. The highest BCUT2D eigenvalue weighted by Gasteiger charge is 2.15. The first kappa shape index (κ1) is 15.0. The van der Waals surface area contributed by atoms with Gasteiger partial charge in [0, 0.05) is 24.8 Å². The summed E-state index contributed by atoms with van der Waals surface area (Å²) in [5.74, 6) is -0.0311. The molecule has 0 saturated heterocycles. The van der Waals surface area contributed by atoms with Crippen molar-refractivity contribution in [2.24, 2.45) is 0 Å². The molecule has 1 aromatic heterocycles. The van der Waals surface area contributed by atoms with Gasteiger partial charge in [0.05, 0.1) is 11.3 Å². The number of hydrogen-bond acceptors (Lipinski definition) is 3. The molecular weight excluding hydrogens is 252 g/mol. The van der Waals surface area contributed by atoms with Gasteiger partial charge < -0.3 is 10.6 Å². The number of carbonyl (C=O) groups excluding carboxylic acids is 1. The van der Waals surface area contributed by atoms with Crippen LogP contribution in [0.25, 0.3) is 0 Å². The number of amides is 1. The Balaban J connectivity index is 1.69. The number of aromatic nitrogens is 2. The first-order valence-electron chi connectivity index (χ1n) is 7.71. The zero-order chi connectivity index (χ0) is 14.4. The van der Waals surface area contributed by atoms with Crippen LogP contribution in [0.4, 0.5) is 0 Å². The molecule has 1 aliphatic rings. The topological polar surface area (TPSA) is 69.8 Å². The van der Waals surface area contributed by atoms with Crippen molar-refractivity contribution in [3.8, 4) is 0 Å². The van der Waals surface area contributed by atoms with Crippen LogP contribution in [0.15, 0.2) is 0 Å². The van der Waals surface area contributed by atoms with E-state index in [2.05, 4.69) is 20.8 Å². The molecule has 0 aromatic carbocycles. The largest absolute Gasteiger partial charge is 0.351 e. The van der Waals surface area contributed by atoms with Crippen LogP contribution >= 0.6 is 0 Å². The van der Waals surface area contributed by atoms with Crippen molar-refractivity contribution in [1.82, 2.24) is 20.8 Å². The zero-order valence-corrected chi connectivity index (χ0v) is 12.6. The molecule has 1 aromatic rings. The monoisotopic (exact) mass is 278 g/mol. The average Bonchev–Trinajstić information content (AvgIpc) is 2.65. The third-order valence-electron chi connectivity index (χ3n) is 4.05. The van der Waals surface area contributed by atoms with Crippen molar-refractivity contribution in [3.63, 3.8) is 0 Å². The minimum atomic E-state index is -0.0311. The van der Waals surface area contributed by atoms with Gasteiger partial charge in [0.15, 0.2) is 0 Å². The van der Waals surface area contributed by atoms with Crippen molar-refractivity contribution in [3.05, 3.63) is 17.0 Å². The van der Waals surface area contributed by atoms with Gasteiger partial charge in [-0.15, -0.1) is 0 Å². The van der Waals surface area contributed by atoms with Gasteiger partial charge in [0.1, 0.15) is 0 Å². The maximum Gasteiger partial charge on any atom is 0.255 e. The van der Waals surface area contributed by atoms with Crippen molar-refractivity contribution in [1.29, 1.82) is 0 Å². The number of H-pyrrole nitrogens is 1. The molecule has 112 valence electrons. The van der Waals surface area contributed by atoms with E-state index < -0.39 is 0 Å². The van der Waals surface area contributed by atoms with E-state index in [1.165, 1.54) is 38.5 Å². The molecule has 1 fully saturated rings. The average molecular weight is 278 g/mol. The van der Waals surface area contributed by atoms with E-state index in [4.69, 9.17) is 0 Å². The number of aromatic amines is 1.